The van der Waals surface area contributed by atoms with E-state index in [2.05, 4.69) is 0 Å². The monoisotopic (exact) mass is 277 g/mol. The van der Waals surface area contributed by atoms with E-state index in [1.165, 1.54) is 4.90 Å². The van der Waals surface area contributed by atoms with Crippen LogP contribution in [0.1, 0.15) is 31.7 Å². The van der Waals surface area contributed by atoms with Gasteiger partial charge in [0.25, 0.3) is 0 Å². The van der Waals surface area contributed by atoms with Crippen LogP contribution in [-0.2, 0) is 16.1 Å². The average molecular weight is 277 g/mol. The second-order valence-corrected chi connectivity index (χ2v) is 4.97. The number of carbonyl (C=O) groups excluding carboxylic acids is 1. The van der Waals surface area contributed by atoms with Crippen molar-refractivity contribution in [1.29, 1.82) is 0 Å². The Morgan fingerprint density at radius 1 is 1.30 bits per heavy atom. The first-order valence-corrected chi connectivity index (χ1v) is 6.82. The van der Waals surface area contributed by atoms with Crippen LogP contribution in [0.25, 0.3) is 0 Å². The predicted molar refractivity (Wildman–Crippen MR) is 73.2 cm³/mol. The lowest BCUT2D eigenvalue weighted by molar-refractivity contribution is -0.156. The summed E-state index contributed by atoms with van der Waals surface area (Å²) in [6, 6.07) is 9.34. The predicted octanol–water partition coefficient (Wildman–Crippen LogP) is 2.65. The number of likely N-dealkylation sites (N-methyl/N-ethyl adjacent to an activating group) is 1. The number of hydrogen-bond donors (Lipinski definition) is 1. The SMILES string of the molecule is CCN(C(=O)OCc1ccccc1)C1(C(=O)O)CCC1. The number of amides is 1. The van der Waals surface area contributed by atoms with Crippen LogP contribution in [0.5, 0.6) is 0 Å². The standard InChI is InChI=1S/C15H19NO4/c1-2-16(15(13(17)18)9-6-10-15)14(19)20-11-12-7-4-3-5-8-12/h3-5,7-8H,2,6,9-11H2,1H3,(H,17,18). The van der Waals surface area contributed by atoms with Crippen LogP contribution in [0, 0.1) is 0 Å². The molecule has 0 spiro atoms. The number of carboxylic acid groups (broad SMARTS) is 1. The van der Waals surface area contributed by atoms with E-state index in [4.69, 9.17) is 4.74 Å². The van der Waals surface area contributed by atoms with Crippen LogP contribution in [0.3, 0.4) is 0 Å². The lowest BCUT2D eigenvalue weighted by atomic mass is 9.75. The Morgan fingerprint density at radius 3 is 2.40 bits per heavy atom. The number of nitrogens with zero attached hydrogens (tertiary/aromatic N) is 1. The Bertz CT molecular complexity index is 482. The highest BCUT2D eigenvalue weighted by Gasteiger charge is 2.51. The van der Waals surface area contributed by atoms with Gasteiger partial charge < -0.3 is 9.84 Å². The van der Waals surface area contributed by atoms with Crippen molar-refractivity contribution >= 4 is 12.1 Å². The van der Waals surface area contributed by atoms with E-state index in [9.17, 15) is 14.7 Å². The zero-order valence-electron chi connectivity index (χ0n) is 11.5. The van der Waals surface area contributed by atoms with Gasteiger partial charge >= 0.3 is 12.1 Å². The van der Waals surface area contributed by atoms with E-state index in [-0.39, 0.29) is 6.61 Å². The molecule has 1 saturated carbocycles. The summed E-state index contributed by atoms with van der Waals surface area (Å²) >= 11 is 0. The molecular weight excluding hydrogens is 258 g/mol. The molecule has 1 amide bonds. The van der Waals surface area contributed by atoms with Crippen molar-refractivity contribution in [2.45, 2.75) is 38.3 Å². The third-order valence-electron chi connectivity index (χ3n) is 3.84. The molecule has 0 heterocycles. The number of carbonyl (C=O) groups is 2. The maximum Gasteiger partial charge on any atom is 0.411 e. The van der Waals surface area contributed by atoms with Gasteiger partial charge in [-0.15, -0.1) is 0 Å². The minimum absolute atomic E-state index is 0.159. The normalized spacial score (nSPS) is 16.1. The Morgan fingerprint density at radius 2 is 1.95 bits per heavy atom. The summed E-state index contributed by atoms with van der Waals surface area (Å²) in [6.45, 7) is 2.26. The number of carboxylic acids is 1. The molecule has 0 saturated heterocycles. The van der Waals surface area contributed by atoms with Crippen molar-refractivity contribution in [1.82, 2.24) is 4.90 Å². The Labute approximate surface area is 118 Å². The molecule has 1 N–H and O–H groups in total. The molecule has 0 aliphatic heterocycles. The summed E-state index contributed by atoms with van der Waals surface area (Å²) in [5.74, 6) is -0.942. The van der Waals surface area contributed by atoms with Crippen molar-refractivity contribution in [2.24, 2.45) is 0 Å². The number of hydrogen-bond acceptors (Lipinski definition) is 3. The van der Waals surface area contributed by atoms with Gasteiger partial charge in [0.15, 0.2) is 0 Å². The largest absolute Gasteiger partial charge is 0.479 e. The van der Waals surface area contributed by atoms with Gasteiger partial charge in [-0.1, -0.05) is 30.3 Å². The first-order valence-electron chi connectivity index (χ1n) is 6.82. The number of ether oxygens (including phenoxy) is 1. The minimum Gasteiger partial charge on any atom is -0.479 e. The van der Waals surface area contributed by atoms with Crippen molar-refractivity contribution in [3.05, 3.63) is 35.9 Å². The fourth-order valence-electron chi connectivity index (χ4n) is 2.51. The zero-order chi connectivity index (χ0) is 14.6. The molecular formula is C15H19NO4. The Balaban J connectivity index is 2.01. The van der Waals surface area contributed by atoms with Crippen LogP contribution in [0.15, 0.2) is 30.3 Å². The molecule has 1 aromatic carbocycles. The zero-order valence-corrected chi connectivity index (χ0v) is 11.5. The summed E-state index contributed by atoms with van der Waals surface area (Å²) in [5, 5.41) is 9.37. The molecule has 0 radical (unpaired) electrons. The van der Waals surface area contributed by atoms with Gasteiger partial charge in [-0.05, 0) is 31.7 Å². The molecule has 0 bridgehead atoms. The van der Waals surface area contributed by atoms with E-state index >= 15 is 0 Å². The Kier molecular flexibility index (Phi) is 4.27. The van der Waals surface area contributed by atoms with E-state index in [0.717, 1.165) is 12.0 Å². The van der Waals surface area contributed by atoms with Crippen LogP contribution >= 0.6 is 0 Å². The lowest BCUT2D eigenvalue weighted by Crippen LogP contribution is -2.61. The van der Waals surface area contributed by atoms with Gasteiger partial charge in [0.1, 0.15) is 12.1 Å². The van der Waals surface area contributed by atoms with Crippen LogP contribution < -0.4 is 0 Å². The number of benzene rings is 1. The summed E-state index contributed by atoms with van der Waals surface area (Å²) in [7, 11) is 0. The molecule has 0 unspecified atom stereocenters. The minimum atomic E-state index is -1.07. The topological polar surface area (TPSA) is 66.8 Å². The maximum atomic E-state index is 12.1. The van der Waals surface area contributed by atoms with E-state index in [0.29, 0.717) is 19.4 Å². The molecule has 1 aliphatic rings. The quantitative estimate of drug-likeness (QED) is 0.898. The molecule has 0 atom stereocenters. The molecule has 2 rings (SSSR count). The van der Waals surface area contributed by atoms with Gasteiger partial charge in [0.2, 0.25) is 0 Å². The van der Waals surface area contributed by atoms with Crippen molar-refractivity contribution < 1.29 is 19.4 Å². The first-order chi connectivity index (χ1) is 9.60. The third-order valence-corrected chi connectivity index (χ3v) is 3.84. The summed E-state index contributed by atoms with van der Waals surface area (Å²) < 4.78 is 5.24. The smallest absolute Gasteiger partial charge is 0.411 e. The molecule has 5 nitrogen and oxygen atoms in total. The van der Waals surface area contributed by atoms with Crippen LogP contribution in [0.2, 0.25) is 0 Å². The molecule has 20 heavy (non-hydrogen) atoms. The second kappa shape index (κ2) is 5.94. The number of aliphatic carboxylic acids is 1. The fraction of sp³-hybridized carbons (Fsp3) is 0.467. The summed E-state index contributed by atoms with van der Waals surface area (Å²) in [5.41, 5.74) is -0.183. The highest BCUT2D eigenvalue weighted by molar-refractivity contribution is 5.85. The molecule has 1 aliphatic carbocycles. The first kappa shape index (κ1) is 14.4. The van der Waals surface area contributed by atoms with E-state index in [1.54, 1.807) is 6.92 Å². The van der Waals surface area contributed by atoms with Crippen LogP contribution in [0.4, 0.5) is 4.79 Å². The third kappa shape index (κ3) is 2.61. The maximum absolute atomic E-state index is 12.1. The second-order valence-electron chi connectivity index (χ2n) is 4.97. The average Bonchev–Trinajstić information content (AvgIpc) is 2.40. The van der Waals surface area contributed by atoms with E-state index < -0.39 is 17.6 Å². The number of rotatable bonds is 5. The summed E-state index contributed by atoms with van der Waals surface area (Å²) in [4.78, 5) is 24.9. The van der Waals surface area contributed by atoms with Crippen LogP contribution in [-0.4, -0.2) is 34.2 Å². The van der Waals surface area contributed by atoms with Crippen molar-refractivity contribution in [2.75, 3.05) is 6.54 Å². The van der Waals surface area contributed by atoms with Crippen molar-refractivity contribution in [3.63, 3.8) is 0 Å². The Hall–Kier alpha value is -2.04. The molecule has 1 fully saturated rings. The lowest BCUT2D eigenvalue weighted by Gasteiger charge is -2.45. The van der Waals surface area contributed by atoms with E-state index in [1.807, 2.05) is 30.3 Å². The van der Waals surface area contributed by atoms with Gasteiger partial charge in [-0.3, -0.25) is 4.90 Å². The molecule has 108 valence electrons. The molecule has 0 aromatic heterocycles. The van der Waals surface area contributed by atoms with Crippen molar-refractivity contribution in [3.8, 4) is 0 Å². The summed E-state index contributed by atoms with van der Waals surface area (Å²) in [6.07, 6.45) is 1.26. The van der Waals surface area contributed by atoms with Gasteiger partial charge in [0, 0.05) is 6.54 Å². The molecule has 1 aromatic rings. The van der Waals surface area contributed by atoms with Gasteiger partial charge in [-0.25, -0.2) is 9.59 Å². The van der Waals surface area contributed by atoms with Gasteiger partial charge in [-0.2, -0.15) is 0 Å². The fourth-order valence-corrected chi connectivity index (χ4v) is 2.51. The van der Waals surface area contributed by atoms with Gasteiger partial charge in [0.05, 0.1) is 0 Å². The highest BCUT2D eigenvalue weighted by atomic mass is 16.6. The molecule has 5 heteroatoms. The highest BCUT2D eigenvalue weighted by Crippen LogP contribution is 2.38.